The number of aromatic hydroxyl groups is 2. The van der Waals surface area contributed by atoms with Gasteiger partial charge in [-0.05, 0) is 12.1 Å². The van der Waals surface area contributed by atoms with E-state index in [9.17, 15) is 13.2 Å². The molecule has 0 aromatic heterocycles. The molecule has 14 heavy (non-hydrogen) atoms. The van der Waals surface area contributed by atoms with Gasteiger partial charge in [0.05, 0.1) is 0 Å². The Labute approximate surface area is 79.2 Å². The van der Waals surface area contributed by atoms with Crippen molar-refractivity contribution in [3.8, 4) is 11.5 Å². The summed E-state index contributed by atoms with van der Waals surface area (Å²) in [5.41, 5.74) is -0.173. The summed E-state index contributed by atoms with van der Waals surface area (Å²) in [5.74, 6) is -1.78. The fourth-order valence-corrected chi connectivity index (χ4v) is 1.51. The molecule has 0 heterocycles. The van der Waals surface area contributed by atoms with E-state index in [1.807, 2.05) is 0 Å². The number of carbonyl (C=O) groups is 1. The van der Waals surface area contributed by atoms with Crippen molar-refractivity contribution in [2.45, 2.75) is 4.90 Å². The van der Waals surface area contributed by atoms with Gasteiger partial charge in [-0.15, -0.1) is 0 Å². The quantitative estimate of drug-likeness (QED) is 0.370. The molecular formula is C7H6O6S. The Morgan fingerprint density at radius 1 is 1.21 bits per heavy atom. The Morgan fingerprint density at radius 2 is 1.79 bits per heavy atom. The SMILES string of the molecule is O=Cc1cc(O)c(O)c(S(=O)(=O)O)c1. The zero-order valence-electron chi connectivity index (χ0n) is 6.71. The van der Waals surface area contributed by atoms with Gasteiger partial charge in [-0.2, -0.15) is 8.42 Å². The molecule has 0 fully saturated rings. The number of phenolic OH excluding ortho intramolecular Hbond substituents is 2. The number of carbonyl (C=O) groups excluding carboxylic acids is 1. The van der Waals surface area contributed by atoms with E-state index in [0.717, 1.165) is 12.1 Å². The maximum Gasteiger partial charge on any atom is 0.298 e. The Balaban J connectivity index is 3.58. The third-order valence-corrected chi connectivity index (χ3v) is 2.36. The molecule has 0 aliphatic rings. The third kappa shape index (κ3) is 1.83. The Morgan fingerprint density at radius 3 is 2.21 bits per heavy atom. The topological polar surface area (TPSA) is 112 Å². The average Bonchev–Trinajstić information content (AvgIpc) is 2.07. The van der Waals surface area contributed by atoms with Crippen LogP contribution in [0.3, 0.4) is 0 Å². The molecule has 0 aliphatic carbocycles. The first-order valence-corrected chi connectivity index (χ1v) is 4.79. The van der Waals surface area contributed by atoms with E-state index in [0.29, 0.717) is 0 Å². The monoisotopic (exact) mass is 218 g/mol. The van der Waals surface area contributed by atoms with Gasteiger partial charge in [-0.25, -0.2) is 0 Å². The van der Waals surface area contributed by atoms with Gasteiger partial charge in [0.15, 0.2) is 11.5 Å². The van der Waals surface area contributed by atoms with Gasteiger partial charge >= 0.3 is 0 Å². The lowest BCUT2D eigenvalue weighted by Gasteiger charge is -2.03. The van der Waals surface area contributed by atoms with Crippen molar-refractivity contribution in [1.82, 2.24) is 0 Å². The lowest BCUT2D eigenvalue weighted by Crippen LogP contribution is -1.99. The fraction of sp³-hybridized carbons (Fsp3) is 0. The lowest BCUT2D eigenvalue weighted by atomic mass is 10.2. The Kier molecular flexibility index (Phi) is 2.45. The molecule has 0 saturated heterocycles. The molecule has 0 radical (unpaired) electrons. The molecule has 0 bridgehead atoms. The van der Waals surface area contributed by atoms with Crippen LogP contribution in [0.15, 0.2) is 17.0 Å². The summed E-state index contributed by atoms with van der Waals surface area (Å²) in [6, 6.07) is 1.62. The normalized spacial score (nSPS) is 11.2. The van der Waals surface area contributed by atoms with E-state index in [4.69, 9.17) is 14.8 Å². The highest BCUT2D eigenvalue weighted by Gasteiger charge is 2.19. The Bertz CT molecular complexity index is 475. The van der Waals surface area contributed by atoms with Crippen LogP contribution in [0.1, 0.15) is 10.4 Å². The molecule has 3 N–H and O–H groups in total. The van der Waals surface area contributed by atoms with Gasteiger partial charge in [-0.3, -0.25) is 9.35 Å². The molecule has 0 saturated carbocycles. The van der Waals surface area contributed by atoms with Crippen LogP contribution in [0.2, 0.25) is 0 Å². The van der Waals surface area contributed by atoms with Crippen molar-refractivity contribution in [3.63, 3.8) is 0 Å². The molecule has 0 unspecified atom stereocenters. The molecule has 76 valence electrons. The number of benzene rings is 1. The van der Waals surface area contributed by atoms with Crippen molar-refractivity contribution >= 4 is 16.4 Å². The van der Waals surface area contributed by atoms with Gasteiger partial charge in [0, 0.05) is 5.56 Å². The van der Waals surface area contributed by atoms with Crippen LogP contribution in [0.4, 0.5) is 0 Å². The van der Waals surface area contributed by atoms with Crippen molar-refractivity contribution in [1.29, 1.82) is 0 Å². The summed E-state index contributed by atoms with van der Waals surface area (Å²) >= 11 is 0. The minimum atomic E-state index is -4.66. The van der Waals surface area contributed by atoms with Crippen LogP contribution in [-0.2, 0) is 10.1 Å². The van der Waals surface area contributed by atoms with E-state index in [1.165, 1.54) is 0 Å². The van der Waals surface area contributed by atoms with E-state index < -0.39 is 26.5 Å². The maximum atomic E-state index is 10.6. The fourth-order valence-electron chi connectivity index (χ4n) is 0.879. The summed E-state index contributed by atoms with van der Waals surface area (Å²) in [7, 11) is -4.66. The van der Waals surface area contributed by atoms with Crippen molar-refractivity contribution in [3.05, 3.63) is 17.7 Å². The second-order valence-electron chi connectivity index (χ2n) is 2.48. The molecule has 6 nitrogen and oxygen atoms in total. The molecule has 1 rings (SSSR count). The van der Waals surface area contributed by atoms with Gasteiger partial charge in [0.25, 0.3) is 10.1 Å². The molecule has 7 heteroatoms. The lowest BCUT2D eigenvalue weighted by molar-refractivity contribution is 0.112. The number of hydrogen-bond acceptors (Lipinski definition) is 5. The molecule has 0 aliphatic heterocycles. The summed E-state index contributed by atoms with van der Waals surface area (Å²) in [6.07, 6.45) is 0.272. The van der Waals surface area contributed by atoms with E-state index in [-0.39, 0.29) is 11.8 Å². The van der Waals surface area contributed by atoms with Crippen LogP contribution in [-0.4, -0.2) is 29.5 Å². The molecule has 0 atom stereocenters. The van der Waals surface area contributed by atoms with Crippen molar-refractivity contribution in [2.24, 2.45) is 0 Å². The van der Waals surface area contributed by atoms with Crippen LogP contribution in [0, 0.1) is 0 Å². The predicted octanol–water partition coefficient (Wildman–Crippen LogP) is 0.157. The summed E-state index contributed by atoms with van der Waals surface area (Å²) < 4.78 is 29.9. The van der Waals surface area contributed by atoms with Gasteiger partial charge in [0.1, 0.15) is 11.2 Å². The largest absolute Gasteiger partial charge is 0.504 e. The summed E-state index contributed by atoms with van der Waals surface area (Å²) in [5, 5.41) is 18.0. The first-order valence-electron chi connectivity index (χ1n) is 3.35. The molecule has 1 aromatic carbocycles. The van der Waals surface area contributed by atoms with E-state index in [2.05, 4.69) is 0 Å². The molecule has 0 amide bonds. The first-order chi connectivity index (χ1) is 6.36. The zero-order valence-corrected chi connectivity index (χ0v) is 7.52. The van der Waals surface area contributed by atoms with Gasteiger partial charge < -0.3 is 10.2 Å². The highest BCUT2D eigenvalue weighted by molar-refractivity contribution is 7.86. The molecule has 0 spiro atoms. The van der Waals surface area contributed by atoms with Crippen LogP contribution < -0.4 is 0 Å². The van der Waals surface area contributed by atoms with Crippen molar-refractivity contribution < 1.29 is 28.0 Å². The smallest absolute Gasteiger partial charge is 0.298 e. The van der Waals surface area contributed by atoms with Gasteiger partial charge in [0.2, 0.25) is 0 Å². The summed E-state index contributed by atoms with van der Waals surface area (Å²) in [6.45, 7) is 0. The predicted molar refractivity (Wildman–Crippen MR) is 45.0 cm³/mol. The first kappa shape index (κ1) is 10.5. The van der Waals surface area contributed by atoms with Crippen LogP contribution in [0.5, 0.6) is 11.5 Å². The highest BCUT2D eigenvalue weighted by Crippen LogP contribution is 2.32. The second-order valence-corrected chi connectivity index (χ2v) is 3.87. The number of rotatable bonds is 2. The van der Waals surface area contributed by atoms with E-state index in [1.54, 1.807) is 0 Å². The van der Waals surface area contributed by atoms with E-state index >= 15 is 0 Å². The summed E-state index contributed by atoms with van der Waals surface area (Å²) in [4.78, 5) is 9.38. The average molecular weight is 218 g/mol. The maximum absolute atomic E-state index is 10.6. The number of aldehydes is 1. The third-order valence-electron chi connectivity index (χ3n) is 1.49. The van der Waals surface area contributed by atoms with Crippen molar-refractivity contribution in [2.75, 3.05) is 0 Å². The minimum Gasteiger partial charge on any atom is -0.504 e. The number of hydrogen-bond donors (Lipinski definition) is 3. The Hall–Kier alpha value is -1.60. The highest BCUT2D eigenvalue weighted by atomic mass is 32.2. The van der Waals surface area contributed by atoms with Crippen LogP contribution in [0.25, 0.3) is 0 Å². The zero-order chi connectivity index (χ0) is 10.9. The minimum absolute atomic E-state index is 0.173. The standard InChI is InChI=1S/C7H6O6S/c8-3-4-1-5(9)7(10)6(2-4)14(11,12)13/h1-3,9-10H,(H,11,12,13). The molecular weight excluding hydrogens is 212 g/mol. The van der Waals surface area contributed by atoms with Gasteiger partial charge in [-0.1, -0.05) is 0 Å². The number of phenols is 2. The second kappa shape index (κ2) is 3.28. The molecule has 1 aromatic rings. The van der Waals surface area contributed by atoms with Crippen LogP contribution >= 0.6 is 0 Å².